The van der Waals surface area contributed by atoms with Gasteiger partial charge in [-0.05, 0) is 106 Å². The standard InChI is InChI=1S/C46H46N14O9S6/c1-5-59(6-2)31-18-20-36(49-45-50-40(57-71-45)29-13-10-16-34(23-29)74(64,65)66)38(25-31)47-42-52-43(54-44(53-42)70-27-28-12-9-15-33(22-28)73(61,62)63)48-39-26-32(60(7-3)8-4)19-21-37(39)55-56-46-51-41(58-72-46)30-14-11-17-35(24-30)75(67,68)69/h9-26H,5-8,27H2,1-4H3,(H,49,50,57)(H,61,62,63)(H,64,65,66)(H,67,68,69)(H2,47,48,52,53,54). The minimum absolute atomic E-state index is 0.0713. The highest BCUT2D eigenvalue weighted by atomic mass is 32.2. The Hall–Kier alpha value is -7.09. The van der Waals surface area contributed by atoms with Gasteiger partial charge in [0, 0.05) is 77.5 Å². The lowest BCUT2D eigenvalue weighted by Gasteiger charge is -2.23. The molecule has 0 saturated carbocycles. The van der Waals surface area contributed by atoms with E-state index in [4.69, 9.17) is 15.0 Å². The average molecular weight is 1130 g/mol. The number of anilines is 8. The normalized spacial score (nSPS) is 12.0. The van der Waals surface area contributed by atoms with Crippen LogP contribution in [0.1, 0.15) is 33.3 Å². The summed E-state index contributed by atoms with van der Waals surface area (Å²) in [5.41, 5.74) is 4.80. The third kappa shape index (κ3) is 13.8. The zero-order valence-electron chi connectivity index (χ0n) is 40.1. The Kier molecular flexibility index (Phi) is 16.8. The average Bonchev–Trinajstić information content (AvgIpc) is 4.07. The number of hydrogen-bond donors (Lipinski definition) is 6. The van der Waals surface area contributed by atoms with Gasteiger partial charge in [-0.2, -0.15) is 58.9 Å². The van der Waals surface area contributed by atoms with Crippen molar-refractivity contribution in [2.24, 2.45) is 10.2 Å². The molecule has 29 heteroatoms. The molecule has 0 radical (unpaired) electrons. The van der Waals surface area contributed by atoms with Crippen LogP contribution >= 0.6 is 34.8 Å². The fourth-order valence-corrected chi connectivity index (χ4v) is 10.8. The molecule has 0 bridgehead atoms. The Labute approximate surface area is 444 Å². The highest BCUT2D eigenvalue weighted by Crippen LogP contribution is 2.37. The van der Waals surface area contributed by atoms with Crippen molar-refractivity contribution in [1.82, 2.24) is 33.7 Å². The third-order valence-electron chi connectivity index (χ3n) is 11.0. The van der Waals surface area contributed by atoms with Gasteiger partial charge >= 0.3 is 0 Å². The van der Waals surface area contributed by atoms with Crippen LogP contribution < -0.4 is 25.8 Å². The second-order valence-corrected chi connectivity index (χ2v) is 22.5. The van der Waals surface area contributed by atoms with Gasteiger partial charge in [0.05, 0.1) is 31.7 Å². The molecule has 3 heterocycles. The van der Waals surface area contributed by atoms with Gasteiger partial charge in [-0.25, -0.2) is 0 Å². The van der Waals surface area contributed by atoms with Gasteiger partial charge in [-0.3, -0.25) is 13.7 Å². The van der Waals surface area contributed by atoms with Crippen LogP contribution in [0.15, 0.2) is 139 Å². The van der Waals surface area contributed by atoms with E-state index < -0.39 is 30.4 Å². The molecule has 0 aliphatic rings. The van der Waals surface area contributed by atoms with E-state index in [9.17, 15) is 38.9 Å². The lowest BCUT2D eigenvalue weighted by atomic mass is 10.2. The molecule has 0 atom stereocenters. The largest absolute Gasteiger partial charge is 0.372 e. The second-order valence-electron chi connectivity index (χ2n) is 15.9. The number of azo groups is 1. The molecule has 390 valence electrons. The first kappa shape index (κ1) is 54.2. The molecule has 8 aromatic rings. The number of rotatable bonds is 22. The van der Waals surface area contributed by atoms with Gasteiger partial charge in [0.2, 0.25) is 22.2 Å². The maximum atomic E-state index is 12.0. The van der Waals surface area contributed by atoms with Gasteiger partial charge in [0.15, 0.2) is 16.8 Å². The van der Waals surface area contributed by atoms with Crippen LogP contribution in [0.2, 0.25) is 0 Å². The van der Waals surface area contributed by atoms with Crippen LogP contribution in [0.4, 0.5) is 56.3 Å². The van der Waals surface area contributed by atoms with Crippen LogP contribution in [0, 0.1) is 0 Å². The summed E-state index contributed by atoms with van der Waals surface area (Å²) >= 11 is 3.12. The molecule has 0 spiro atoms. The summed E-state index contributed by atoms with van der Waals surface area (Å²) in [4.78, 5) is 26.8. The first-order valence-corrected chi connectivity index (χ1v) is 29.4. The summed E-state index contributed by atoms with van der Waals surface area (Å²) in [7, 11) is -13.4. The van der Waals surface area contributed by atoms with Crippen LogP contribution in [-0.2, 0) is 36.1 Å². The molecular formula is C46H46N14O9S6. The summed E-state index contributed by atoms with van der Waals surface area (Å²) in [5, 5.41) is 19.6. The van der Waals surface area contributed by atoms with Crippen molar-refractivity contribution >= 4 is 121 Å². The molecule has 6 N–H and O–H groups in total. The molecule has 0 fully saturated rings. The molecule has 0 aliphatic heterocycles. The predicted molar refractivity (Wildman–Crippen MR) is 290 cm³/mol. The van der Waals surface area contributed by atoms with Crippen molar-refractivity contribution in [3.8, 4) is 22.8 Å². The monoisotopic (exact) mass is 1130 g/mol. The van der Waals surface area contributed by atoms with E-state index in [2.05, 4.69) is 54.7 Å². The molecule has 75 heavy (non-hydrogen) atoms. The van der Waals surface area contributed by atoms with Crippen LogP contribution in [0.3, 0.4) is 0 Å². The van der Waals surface area contributed by atoms with Crippen LogP contribution in [0.25, 0.3) is 22.8 Å². The van der Waals surface area contributed by atoms with Crippen molar-refractivity contribution in [1.29, 1.82) is 0 Å². The maximum Gasteiger partial charge on any atom is 0.294 e. The fraction of sp³-hybridized carbons (Fsp3) is 0.196. The molecule has 3 aromatic heterocycles. The number of nitrogens with zero attached hydrogens (tertiary/aromatic N) is 11. The molecule has 23 nitrogen and oxygen atoms in total. The smallest absolute Gasteiger partial charge is 0.294 e. The summed E-state index contributed by atoms with van der Waals surface area (Å²) < 4.78 is 109. The van der Waals surface area contributed by atoms with Crippen molar-refractivity contribution in [2.45, 2.75) is 53.3 Å². The topological polar surface area (TPSA) is 321 Å². The zero-order chi connectivity index (χ0) is 53.5. The summed E-state index contributed by atoms with van der Waals surface area (Å²) in [5.74, 6) is 0.739. The number of nitrogens with one attached hydrogen (secondary N) is 3. The number of benzene rings is 5. The number of aromatic nitrogens is 7. The quantitative estimate of drug-likeness (QED) is 0.0209. The first-order valence-electron chi connectivity index (χ1n) is 22.6. The Balaban J connectivity index is 1.17. The number of thioether (sulfide) groups is 1. The fourth-order valence-electron chi connectivity index (χ4n) is 7.31. The van der Waals surface area contributed by atoms with E-state index in [-0.39, 0.29) is 54.3 Å². The molecule has 0 saturated heterocycles. The molecule has 0 amide bonds. The van der Waals surface area contributed by atoms with E-state index in [1.54, 1.807) is 24.3 Å². The molecular weight excluding hydrogens is 1080 g/mol. The minimum atomic E-state index is -4.48. The van der Waals surface area contributed by atoms with Gasteiger partial charge < -0.3 is 25.8 Å². The Bertz CT molecular complexity index is 3740. The summed E-state index contributed by atoms with van der Waals surface area (Å²) in [6, 6.07) is 28.3. The molecule has 0 unspecified atom stereocenters. The van der Waals surface area contributed by atoms with E-state index in [1.165, 1.54) is 66.4 Å². The minimum Gasteiger partial charge on any atom is -0.372 e. The zero-order valence-corrected chi connectivity index (χ0v) is 45.0. The van der Waals surface area contributed by atoms with Gasteiger partial charge in [0.25, 0.3) is 30.4 Å². The summed E-state index contributed by atoms with van der Waals surface area (Å²) in [6.45, 7) is 10.9. The SMILES string of the molecule is CCN(CC)c1ccc(N=Nc2nc(-c3cccc(S(=O)(=O)O)c3)ns2)c(Nc2nc(Nc3cc(N(CC)CC)ccc3Nc3nc(-c4cccc(S(=O)(=O)O)c4)ns3)nc(SCc3cccc(S(=O)(=O)O)c3)n2)c1. The van der Waals surface area contributed by atoms with E-state index in [0.717, 1.165) is 34.4 Å². The molecule has 8 rings (SSSR count). The highest BCUT2D eigenvalue weighted by molar-refractivity contribution is 7.98. The van der Waals surface area contributed by atoms with Crippen molar-refractivity contribution < 1.29 is 38.9 Å². The lowest BCUT2D eigenvalue weighted by Crippen LogP contribution is -2.21. The van der Waals surface area contributed by atoms with E-state index in [0.29, 0.717) is 70.8 Å². The van der Waals surface area contributed by atoms with Gasteiger partial charge in [-0.1, -0.05) is 48.2 Å². The predicted octanol–water partition coefficient (Wildman–Crippen LogP) is 10.3. The third-order valence-corrected chi connectivity index (χ3v) is 15.7. The first-order chi connectivity index (χ1) is 35.8. The molecule has 0 aliphatic carbocycles. The van der Waals surface area contributed by atoms with Gasteiger partial charge in [-0.15, -0.1) is 10.2 Å². The Morgan fingerprint density at radius 1 is 0.533 bits per heavy atom. The van der Waals surface area contributed by atoms with Crippen molar-refractivity contribution in [2.75, 3.05) is 51.9 Å². The Morgan fingerprint density at radius 2 is 1.05 bits per heavy atom. The highest BCUT2D eigenvalue weighted by Gasteiger charge is 2.19. The second kappa shape index (κ2) is 23.2. The number of hydrogen-bond acceptors (Lipinski definition) is 23. The van der Waals surface area contributed by atoms with Crippen LogP contribution in [-0.4, -0.2) is 98.8 Å². The van der Waals surface area contributed by atoms with Crippen molar-refractivity contribution in [3.05, 3.63) is 115 Å². The lowest BCUT2D eigenvalue weighted by molar-refractivity contribution is 0.481. The van der Waals surface area contributed by atoms with E-state index >= 15 is 0 Å². The maximum absolute atomic E-state index is 12.0. The Morgan fingerprint density at radius 3 is 1.64 bits per heavy atom. The summed E-state index contributed by atoms with van der Waals surface area (Å²) in [6.07, 6.45) is 0. The molecule has 5 aromatic carbocycles. The van der Waals surface area contributed by atoms with Crippen LogP contribution in [0.5, 0.6) is 0 Å². The van der Waals surface area contributed by atoms with Gasteiger partial charge in [0.1, 0.15) is 5.69 Å². The van der Waals surface area contributed by atoms with E-state index in [1.807, 2.05) is 58.0 Å². The van der Waals surface area contributed by atoms with Crippen molar-refractivity contribution in [3.63, 3.8) is 0 Å².